The van der Waals surface area contributed by atoms with E-state index in [-0.39, 0.29) is 0 Å². The van der Waals surface area contributed by atoms with Crippen LogP contribution in [0, 0.1) is 0 Å². The Kier molecular flexibility index (Phi) is 3.21. The first-order chi connectivity index (χ1) is 5.87. The quantitative estimate of drug-likeness (QED) is 0.702. The molecule has 3 unspecified atom stereocenters. The van der Waals surface area contributed by atoms with Gasteiger partial charge in [0, 0.05) is 18.2 Å². The van der Waals surface area contributed by atoms with Gasteiger partial charge in [-0.1, -0.05) is 11.8 Å². The number of nitrogens with one attached hydrogen (secondary N) is 1. The van der Waals surface area contributed by atoms with Gasteiger partial charge in [0.05, 0.1) is 25.8 Å². The number of thioether (sulfide) groups is 1. The summed E-state index contributed by atoms with van der Waals surface area (Å²) in [5.74, 6) is 0. The maximum absolute atomic E-state index is 11.3. The predicted octanol–water partition coefficient (Wildman–Crippen LogP) is -0.161. The summed E-state index contributed by atoms with van der Waals surface area (Å²) in [6, 6.07) is 0. The first kappa shape index (κ1) is 11.2. The molecule has 0 aromatic carbocycles. The zero-order valence-electron chi connectivity index (χ0n) is 7.62. The van der Waals surface area contributed by atoms with Crippen molar-refractivity contribution in [2.75, 3.05) is 12.5 Å². The average molecular weight is 240 g/mol. The summed E-state index contributed by atoms with van der Waals surface area (Å²) < 4.78 is 22.1. The molecule has 13 heavy (non-hydrogen) atoms. The maximum atomic E-state index is 11.3. The third-order valence-electron chi connectivity index (χ3n) is 1.60. The molecule has 0 aromatic rings. The van der Waals surface area contributed by atoms with Crippen molar-refractivity contribution in [3.05, 3.63) is 9.93 Å². The monoisotopic (exact) mass is 240 g/mol. The molecule has 0 saturated heterocycles. The van der Waals surface area contributed by atoms with E-state index < -0.39 is 25.9 Å². The molecule has 4 nitrogen and oxygen atoms in total. The van der Waals surface area contributed by atoms with Crippen LogP contribution < -0.4 is 11.1 Å². The van der Waals surface area contributed by atoms with Gasteiger partial charge >= 0.3 is 0 Å². The largest absolute Gasteiger partial charge is 0.350 e. The minimum atomic E-state index is -1.21. The fourth-order valence-electron chi connectivity index (χ4n) is 0.957. The number of hydrogen-bond donors (Lipinski definition) is 2. The topological polar surface area (TPSA) is 72.2 Å². The highest BCUT2D eigenvalue weighted by molar-refractivity contribution is 8.22. The second-order valence-corrected chi connectivity index (χ2v) is 7.36. The lowest BCUT2D eigenvalue weighted by molar-refractivity contribution is 0.645. The second kappa shape index (κ2) is 3.72. The van der Waals surface area contributed by atoms with Crippen molar-refractivity contribution in [2.24, 2.45) is 5.73 Å². The molecule has 0 fully saturated rings. The molecule has 0 radical (unpaired) electrons. The summed E-state index contributed by atoms with van der Waals surface area (Å²) in [4.78, 5) is 0. The fraction of sp³-hybridized carbons (Fsp3) is 0.667. The molecule has 1 aliphatic rings. The van der Waals surface area contributed by atoms with Gasteiger partial charge in [-0.15, -0.1) is 0 Å². The van der Waals surface area contributed by atoms with E-state index in [1.165, 1.54) is 18.0 Å². The Morgan fingerprint density at radius 3 is 2.23 bits per heavy atom. The van der Waals surface area contributed by atoms with Crippen LogP contribution in [0.1, 0.15) is 6.92 Å². The number of nitrogens with two attached hydrogens (primary N) is 1. The van der Waals surface area contributed by atoms with Crippen LogP contribution in [-0.4, -0.2) is 25.3 Å². The Balaban J connectivity index is 2.91. The lowest BCUT2D eigenvalue weighted by Crippen LogP contribution is -2.49. The second-order valence-electron chi connectivity index (χ2n) is 2.72. The molecule has 1 aliphatic heterocycles. The van der Waals surface area contributed by atoms with Crippen LogP contribution in [0.2, 0.25) is 0 Å². The number of hydrogen-bond acceptors (Lipinski definition) is 5. The molecule has 3 atom stereocenters. The van der Waals surface area contributed by atoms with E-state index in [0.29, 0.717) is 4.24 Å². The predicted molar refractivity (Wildman–Crippen MR) is 58.5 cm³/mol. The molecular formula is C6H12N2O2S3. The summed E-state index contributed by atoms with van der Waals surface area (Å²) in [6.45, 7) is 1.78. The molecule has 3 N–H and O–H groups in total. The van der Waals surface area contributed by atoms with Crippen molar-refractivity contribution in [1.29, 1.82) is 0 Å². The highest BCUT2D eigenvalue weighted by Gasteiger charge is 2.39. The van der Waals surface area contributed by atoms with Gasteiger partial charge in [-0.25, -0.2) is 0 Å². The van der Waals surface area contributed by atoms with Crippen molar-refractivity contribution in [1.82, 2.24) is 5.32 Å². The summed E-state index contributed by atoms with van der Waals surface area (Å²) >= 11 is 1.18. The first-order valence-corrected chi connectivity index (χ1v) is 7.44. The highest BCUT2D eigenvalue weighted by Crippen LogP contribution is 2.38. The van der Waals surface area contributed by atoms with Crippen LogP contribution in [-0.2, 0) is 21.6 Å². The Hall–Kier alpha value is 0.150. The van der Waals surface area contributed by atoms with E-state index in [0.717, 1.165) is 5.70 Å². The van der Waals surface area contributed by atoms with E-state index in [4.69, 9.17) is 5.73 Å². The van der Waals surface area contributed by atoms with E-state index in [9.17, 15) is 8.42 Å². The van der Waals surface area contributed by atoms with E-state index in [2.05, 4.69) is 5.32 Å². The van der Waals surface area contributed by atoms with Crippen LogP contribution in [0.15, 0.2) is 9.93 Å². The summed E-state index contributed by atoms with van der Waals surface area (Å²) in [5, 5.41) is 2.89. The molecule has 76 valence electrons. The molecule has 1 heterocycles. The van der Waals surface area contributed by atoms with Crippen LogP contribution in [0.4, 0.5) is 0 Å². The molecule has 1 rings (SSSR count). The van der Waals surface area contributed by atoms with Gasteiger partial charge in [-0.3, -0.25) is 14.2 Å². The molecule has 0 aliphatic carbocycles. The van der Waals surface area contributed by atoms with Gasteiger partial charge in [0.1, 0.15) is 0 Å². The molecular weight excluding hydrogens is 228 g/mol. The van der Waals surface area contributed by atoms with Gasteiger partial charge in [0.25, 0.3) is 0 Å². The van der Waals surface area contributed by atoms with Gasteiger partial charge in [-0.05, 0) is 6.92 Å². The number of allylic oxidation sites excluding steroid dienone is 1. The molecule has 0 saturated carbocycles. The smallest absolute Gasteiger partial charge is 0.217 e. The first-order valence-electron chi connectivity index (χ1n) is 3.51. The molecule has 0 amide bonds. The molecule has 0 spiro atoms. The lowest BCUT2D eigenvalue weighted by atomic mass is 10.6. The van der Waals surface area contributed by atoms with Crippen molar-refractivity contribution in [3.63, 3.8) is 0 Å². The minimum Gasteiger partial charge on any atom is -0.350 e. The standard InChI is InChI=1S/C6H12N2O2S3/c1-4-5(12(2)9)11-6(7,8-4)13(3)10/h8H,7H2,1-3H3. The number of rotatable bonds is 2. The molecule has 0 aromatic heterocycles. The van der Waals surface area contributed by atoms with Crippen LogP contribution in [0.25, 0.3) is 0 Å². The van der Waals surface area contributed by atoms with Crippen molar-refractivity contribution in [2.45, 2.75) is 11.3 Å². The van der Waals surface area contributed by atoms with Gasteiger partial charge < -0.3 is 5.32 Å². The van der Waals surface area contributed by atoms with E-state index in [1.807, 2.05) is 0 Å². The van der Waals surface area contributed by atoms with Crippen molar-refractivity contribution < 1.29 is 8.42 Å². The Morgan fingerprint density at radius 2 is 2.00 bits per heavy atom. The van der Waals surface area contributed by atoms with Gasteiger partial charge in [0.2, 0.25) is 4.33 Å². The summed E-state index contributed by atoms with van der Waals surface area (Å²) in [5.41, 5.74) is 6.55. The average Bonchev–Trinajstić information content (AvgIpc) is 2.28. The third-order valence-corrected chi connectivity index (χ3v) is 6.19. The molecule has 0 bridgehead atoms. The fourth-order valence-corrected chi connectivity index (χ4v) is 4.16. The normalized spacial score (nSPS) is 32.9. The Morgan fingerprint density at radius 1 is 1.46 bits per heavy atom. The summed E-state index contributed by atoms with van der Waals surface area (Å²) in [7, 11) is -2.28. The summed E-state index contributed by atoms with van der Waals surface area (Å²) in [6.07, 6.45) is 3.10. The van der Waals surface area contributed by atoms with Gasteiger partial charge in [0.15, 0.2) is 0 Å². The van der Waals surface area contributed by atoms with Crippen LogP contribution >= 0.6 is 11.8 Å². The van der Waals surface area contributed by atoms with Crippen LogP contribution in [0.5, 0.6) is 0 Å². The highest BCUT2D eigenvalue weighted by atomic mass is 32.3. The zero-order chi connectivity index (χ0) is 10.2. The minimum absolute atomic E-state index is 0.678. The van der Waals surface area contributed by atoms with Gasteiger partial charge in [-0.2, -0.15) is 0 Å². The Labute approximate surface area is 86.6 Å². The van der Waals surface area contributed by atoms with Crippen molar-refractivity contribution in [3.8, 4) is 0 Å². The Bertz CT molecular complexity index is 315. The zero-order valence-corrected chi connectivity index (χ0v) is 10.1. The van der Waals surface area contributed by atoms with E-state index in [1.54, 1.807) is 13.2 Å². The lowest BCUT2D eigenvalue weighted by Gasteiger charge is -2.21. The third kappa shape index (κ3) is 2.15. The van der Waals surface area contributed by atoms with Crippen molar-refractivity contribution >= 4 is 33.4 Å². The maximum Gasteiger partial charge on any atom is 0.217 e. The van der Waals surface area contributed by atoms with E-state index >= 15 is 0 Å². The molecule has 7 heteroatoms. The van der Waals surface area contributed by atoms with Crippen LogP contribution in [0.3, 0.4) is 0 Å². The SMILES string of the molecule is CC1=C(S(C)=O)SC(N)(S(C)=O)N1.